The Morgan fingerprint density at radius 1 is 0.652 bits per heavy atom. The molecular weight excluding hydrogens is 304 g/mol. The molecule has 0 fully saturated rings. The molecule has 4 heteroatoms. The van der Waals surface area contributed by atoms with E-state index in [4.69, 9.17) is 0 Å². The summed E-state index contributed by atoms with van der Waals surface area (Å²) in [5.41, 5.74) is 1.93. The molecule has 0 nitrogen and oxygen atoms in total. The zero-order valence-electron chi connectivity index (χ0n) is 12.9. The molecule has 23 heavy (non-hydrogen) atoms. The minimum Gasteiger partial charge on any atom is -0.251 e. The Balaban J connectivity index is 1.92. The number of halogens is 4. The maximum atomic E-state index is 14.1. The summed E-state index contributed by atoms with van der Waals surface area (Å²) in [5.74, 6) is -1.54. The van der Waals surface area contributed by atoms with E-state index in [1.165, 1.54) is 18.2 Å². The smallest absolute Gasteiger partial charge is 0.126 e. The van der Waals surface area contributed by atoms with Gasteiger partial charge in [-0.25, -0.2) is 13.2 Å². The van der Waals surface area contributed by atoms with Gasteiger partial charge in [0, 0.05) is 6.07 Å². The average Bonchev–Trinajstić information content (AvgIpc) is 2.50. The van der Waals surface area contributed by atoms with Crippen LogP contribution in [0, 0.1) is 17.5 Å². The molecule has 0 aliphatic rings. The summed E-state index contributed by atoms with van der Waals surface area (Å²) in [6, 6.07) is 8.43. The molecule has 2 aromatic rings. The van der Waals surface area contributed by atoms with Gasteiger partial charge in [-0.2, -0.15) is 0 Å². The van der Waals surface area contributed by atoms with Crippen LogP contribution in [0.1, 0.15) is 36.0 Å². The lowest BCUT2D eigenvalue weighted by Crippen LogP contribution is -1.98. The predicted octanol–water partition coefficient (Wildman–Crippen LogP) is 5.57. The molecule has 0 N–H and O–H groups in total. The van der Waals surface area contributed by atoms with E-state index >= 15 is 0 Å². The van der Waals surface area contributed by atoms with Crippen LogP contribution in [-0.2, 0) is 19.3 Å². The van der Waals surface area contributed by atoms with Crippen molar-refractivity contribution >= 4 is 0 Å². The molecule has 0 radical (unpaired) electrons. The Labute approximate surface area is 134 Å². The molecule has 0 unspecified atom stereocenters. The highest BCUT2D eigenvalue weighted by Gasteiger charge is 2.06. The second-order valence-corrected chi connectivity index (χ2v) is 5.70. The standard InChI is InChI=1S/C19H20F4/c20-9-3-1-2-4-14-5-7-16(19(23)12-14)8-6-15-10-17(21)13-18(22)11-15/h5,7,10-13H,1-4,6,8-9H2. The maximum Gasteiger partial charge on any atom is 0.126 e. The molecule has 0 heterocycles. The summed E-state index contributed by atoms with van der Waals surface area (Å²) >= 11 is 0. The molecule has 2 rings (SSSR count). The fourth-order valence-corrected chi connectivity index (χ4v) is 2.58. The van der Waals surface area contributed by atoms with Crippen molar-refractivity contribution in [2.45, 2.75) is 38.5 Å². The van der Waals surface area contributed by atoms with E-state index in [2.05, 4.69) is 0 Å². The van der Waals surface area contributed by atoms with Crippen LogP contribution in [0.3, 0.4) is 0 Å². The van der Waals surface area contributed by atoms with Crippen molar-refractivity contribution in [1.82, 2.24) is 0 Å². The Kier molecular flexibility index (Phi) is 6.63. The Bertz CT molecular complexity index is 617. The fourth-order valence-electron chi connectivity index (χ4n) is 2.58. The minimum atomic E-state index is -0.621. The van der Waals surface area contributed by atoms with Gasteiger partial charge in [0.05, 0.1) is 6.67 Å². The topological polar surface area (TPSA) is 0 Å². The summed E-state index contributed by atoms with van der Waals surface area (Å²) in [7, 11) is 0. The van der Waals surface area contributed by atoms with Gasteiger partial charge in [-0.1, -0.05) is 18.6 Å². The van der Waals surface area contributed by atoms with Crippen molar-refractivity contribution in [3.05, 3.63) is 70.5 Å². The molecule has 124 valence electrons. The van der Waals surface area contributed by atoms with Gasteiger partial charge in [-0.05, 0) is 67.0 Å². The number of benzene rings is 2. The SMILES string of the molecule is FCCCCCc1ccc(CCc2cc(F)cc(F)c2)c(F)c1. The van der Waals surface area contributed by atoms with Crippen LogP contribution in [-0.4, -0.2) is 6.67 Å². The highest BCUT2D eigenvalue weighted by Crippen LogP contribution is 2.17. The Morgan fingerprint density at radius 2 is 1.39 bits per heavy atom. The summed E-state index contributed by atoms with van der Waals surface area (Å²) in [6.07, 6.45) is 3.67. The third kappa shape index (κ3) is 5.70. The molecule has 0 aliphatic heterocycles. The summed E-state index contributed by atoms with van der Waals surface area (Å²) in [6.45, 7) is -0.312. The number of hydrogen-bond acceptors (Lipinski definition) is 0. The van der Waals surface area contributed by atoms with E-state index in [1.807, 2.05) is 6.07 Å². The van der Waals surface area contributed by atoms with Crippen LogP contribution >= 0.6 is 0 Å². The Hall–Kier alpha value is -1.84. The molecule has 0 aliphatic carbocycles. The van der Waals surface area contributed by atoms with Crippen molar-refractivity contribution in [3.63, 3.8) is 0 Å². The summed E-state index contributed by atoms with van der Waals surface area (Å²) < 4.78 is 52.3. The van der Waals surface area contributed by atoms with Crippen LogP contribution in [0.2, 0.25) is 0 Å². The second-order valence-electron chi connectivity index (χ2n) is 5.70. The average molecular weight is 324 g/mol. The first-order chi connectivity index (χ1) is 11.1. The van der Waals surface area contributed by atoms with E-state index in [-0.39, 0.29) is 12.5 Å². The van der Waals surface area contributed by atoms with E-state index < -0.39 is 11.6 Å². The number of aryl methyl sites for hydroxylation is 3. The van der Waals surface area contributed by atoms with Gasteiger partial charge in [0.25, 0.3) is 0 Å². The maximum absolute atomic E-state index is 14.1. The summed E-state index contributed by atoms with van der Waals surface area (Å²) in [5, 5.41) is 0. The van der Waals surface area contributed by atoms with Crippen LogP contribution in [0.15, 0.2) is 36.4 Å². The molecule has 0 spiro atoms. The molecule has 0 aromatic heterocycles. The molecule has 0 saturated heterocycles. The van der Waals surface area contributed by atoms with Gasteiger partial charge in [-0.15, -0.1) is 0 Å². The van der Waals surface area contributed by atoms with Gasteiger partial charge in [0.2, 0.25) is 0 Å². The molecule has 0 atom stereocenters. The second kappa shape index (κ2) is 8.70. The predicted molar refractivity (Wildman–Crippen MR) is 83.7 cm³/mol. The zero-order valence-corrected chi connectivity index (χ0v) is 12.9. The van der Waals surface area contributed by atoms with Gasteiger partial charge in [0.1, 0.15) is 17.5 Å². The minimum absolute atomic E-state index is 0.301. The fraction of sp³-hybridized carbons (Fsp3) is 0.368. The zero-order chi connectivity index (χ0) is 16.7. The first-order valence-corrected chi connectivity index (χ1v) is 7.86. The molecule has 0 amide bonds. The van der Waals surface area contributed by atoms with Crippen molar-refractivity contribution in [2.24, 2.45) is 0 Å². The lowest BCUT2D eigenvalue weighted by atomic mass is 10.0. The molecular formula is C19H20F4. The van der Waals surface area contributed by atoms with Crippen molar-refractivity contribution in [1.29, 1.82) is 0 Å². The highest BCUT2D eigenvalue weighted by molar-refractivity contribution is 5.26. The van der Waals surface area contributed by atoms with E-state index in [1.54, 1.807) is 6.07 Å². The Morgan fingerprint density at radius 3 is 2.04 bits per heavy atom. The van der Waals surface area contributed by atoms with Gasteiger partial charge in [0.15, 0.2) is 0 Å². The number of alkyl halides is 1. The molecule has 0 bridgehead atoms. The first-order valence-electron chi connectivity index (χ1n) is 7.86. The van der Waals surface area contributed by atoms with Crippen molar-refractivity contribution in [2.75, 3.05) is 6.67 Å². The monoisotopic (exact) mass is 324 g/mol. The van der Waals surface area contributed by atoms with E-state index in [0.717, 1.165) is 30.9 Å². The lowest BCUT2D eigenvalue weighted by Gasteiger charge is -2.07. The van der Waals surface area contributed by atoms with E-state index in [9.17, 15) is 17.6 Å². The van der Waals surface area contributed by atoms with Gasteiger partial charge >= 0.3 is 0 Å². The number of hydrogen-bond donors (Lipinski definition) is 0. The van der Waals surface area contributed by atoms with Crippen LogP contribution < -0.4 is 0 Å². The third-order valence-electron chi connectivity index (χ3n) is 3.82. The molecule has 2 aromatic carbocycles. The largest absolute Gasteiger partial charge is 0.251 e. The van der Waals surface area contributed by atoms with Crippen LogP contribution in [0.25, 0.3) is 0 Å². The van der Waals surface area contributed by atoms with Crippen LogP contribution in [0.5, 0.6) is 0 Å². The van der Waals surface area contributed by atoms with Gasteiger partial charge < -0.3 is 0 Å². The summed E-state index contributed by atoms with van der Waals surface area (Å²) in [4.78, 5) is 0. The van der Waals surface area contributed by atoms with E-state index in [0.29, 0.717) is 30.4 Å². The van der Waals surface area contributed by atoms with Crippen LogP contribution in [0.4, 0.5) is 17.6 Å². The lowest BCUT2D eigenvalue weighted by molar-refractivity contribution is 0.456. The quantitative estimate of drug-likeness (QED) is 0.440. The highest BCUT2D eigenvalue weighted by atomic mass is 19.1. The normalized spacial score (nSPS) is 11.0. The third-order valence-corrected chi connectivity index (χ3v) is 3.82. The van der Waals surface area contributed by atoms with Gasteiger partial charge in [-0.3, -0.25) is 4.39 Å². The van der Waals surface area contributed by atoms with Crippen molar-refractivity contribution in [3.8, 4) is 0 Å². The number of rotatable bonds is 8. The first kappa shape index (κ1) is 17.5. The molecule has 0 saturated carbocycles. The number of unbranched alkanes of at least 4 members (excludes halogenated alkanes) is 2. The van der Waals surface area contributed by atoms with Crippen molar-refractivity contribution < 1.29 is 17.6 Å².